The molecular weight excluding hydrogens is 378 g/mol. The van der Waals surface area contributed by atoms with E-state index in [0.29, 0.717) is 17.0 Å². The number of nitriles is 1. The van der Waals surface area contributed by atoms with Gasteiger partial charge < -0.3 is 24.3 Å². The van der Waals surface area contributed by atoms with Gasteiger partial charge in [0, 0.05) is 12.4 Å². The fourth-order valence-electron chi connectivity index (χ4n) is 2.68. The van der Waals surface area contributed by atoms with Crippen molar-refractivity contribution in [3.05, 3.63) is 53.0 Å². The van der Waals surface area contributed by atoms with Crippen molar-refractivity contribution >= 4 is 12.3 Å². The Morgan fingerprint density at radius 2 is 1.86 bits per heavy atom. The van der Waals surface area contributed by atoms with Gasteiger partial charge in [0.2, 0.25) is 0 Å². The number of hydrogen-bond donors (Lipinski definition) is 1. The zero-order valence-corrected chi connectivity index (χ0v) is 16.7. The van der Waals surface area contributed by atoms with Gasteiger partial charge in [-0.2, -0.15) is 5.26 Å². The van der Waals surface area contributed by atoms with Crippen molar-refractivity contribution in [2.24, 2.45) is 0 Å². The van der Waals surface area contributed by atoms with Crippen molar-refractivity contribution in [2.75, 3.05) is 6.61 Å². The quantitative estimate of drug-likeness (QED) is 0.559. The number of ether oxygens (including phenoxy) is 4. The molecule has 0 fully saturated rings. The summed E-state index contributed by atoms with van der Waals surface area (Å²) in [6.07, 6.45) is 1.03. The maximum Gasteiger partial charge on any atom is 0.513 e. The van der Waals surface area contributed by atoms with E-state index in [9.17, 15) is 9.59 Å². The van der Waals surface area contributed by atoms with E-state index in [1.165, 1.54) is 0 Å². The van der Waals surface area contributed by atoms with E-state index < -0.39 is 18.2 Å². The van der Waals surface area contributed by atoms with Crippen LogP contribution in [0.25, 0.3) is 0 Å². The SMILES string of the molecule is CC1=C(OC(=O)OCCC#N)C(c2cccnc2)C(OC(=O)OC(C)C)=C(C)N1. The molecule has 1 aromatic heterocycles. The fraction of sp³-hybridized carbons (Fsp3) is 0.400. The van der Waals surface area contributed by atoms with E-state index in [1.54, 1.807) is 52.2 Å². The number of allylic oxidation sites excluding steroid dienone is 2. The molecule has 0 amide bonds. The lowest BCUT2D eigenvalue weighted by atomic mass is 9.91. The smallest absolute Gasteiger partial charge is 0.433 e. The predicted octanol–water partition coefficient (Wildman–Crippen LogP) is 3.86. The first-order valence-corrected chi connectivity index (χ1v) is 9.02. The average Bonchev–Trinajstić information content (AvgIpc) is 2.66. The number of rotatable bonds is 6. The summed E-state index contributed by atoms with van der Waals surface area (Å²) in [6, 6.07) is 5.36. The van der Waals surface area contributed by atoms with Crippen LogP contribution in [0.4, 0.5) is 9.59 Å². The molecule has 0 saturated heterocycles. The summed E-state index contributed by atoms with van der Waals surface area (Å²) in [7, 11) is 0. The maximum atomic E-state index is 12.1. The van der Waals surface area contributed by atoms with E-state index in [4.69, 9.17) is 24.2 Å². The Kier molecular flexibility index (Phi) is 7.60. The van der Waals surface area contributed by atoms with Gasteiger partial charge in [-0.25, -0.2) is 9.59 Å². The molecule has 29 heavy (non-hydrogen) atoms. The summed E-state index contributed by atoms with van der Waals surface area (Å²) in [5.74, 6) is -0.319. The van der Waals surface area contributed by atoms with Crippen LogP contribution in [0.3, 0.4) is 0 Å². The number of pyridine rings is 1. The number of aromatic nitrogens is 1. The molecule has 1 N–H and O–H groups in total. The number of carbonyl (C=O) groups excluding carboxylic acids is 2. The van der Waals surface area contributed by atoms with Crippen molar-refractivity contribution < 1.29 is 28.5 Å². The van der Waals surface area contributed by atoms with Gasteiger partial charge in [-0.1, -0.05) is 6.07 Å². The van der Waals surface area contributed by atoms with Crippen molar-refractivity contribution in [3.8, 4) is 6.07 Å². The molecule has 1 aliphatic rings. The Hall–Kier alpha value is -3.54. The molecule has 0 spiro atoms. The molecular formula is C20H23N3O6. The third-order valence-electron chi connectivity index (χ3n) is 3.81. The Morgan fingerprint density at radius 3 is 2.41 bits per heavy atom. The molecule has 9 nitrogen and oxygen atoms in total. The summed E-state index contributed by atoms with van der Waals surface area (Å²) in [5.41, 5.74) is 1.74. The topological polar surface area (TPSA) is 120 Å². The minimum atomic E-state index is -0.964. The molecule has 1 aliphatic heterocycles. The van der Waals surface area contributed by atoms with Gasteiger partial charge >= 0.3 is 12.3 Å². The molecule has 154 valence electrons. The lowest BCUT2D eigenvalue weighted by molar-refractivity contribution is 0.0457. The highest BCUT2D eigenvalue weighted by Gasteiger charge is 2.35. The van der Waals surface area contributed by atoms with E-state index in [0.717, 1.165) is 0 Å². The Balaban J connectivity index is 2.35. The summed E-state index contributed by atoms with van der Waals surface area (Å²) < 4.78 is 20.9. The van der Waals surface area contributed by atoms with Gasteiger partial charge in [0.15, 0.2) is 0 Å². The largest absolute Gasteiger partial charge is 0.513 e. The highest BCUT2D eigenvalue weighted by molar-refractivity contribution is 5.65. The van der Waals surface area contributed by atoms with Crippen LogP contribution >= 0.6 is 0 Å². The van der Waals surface area contributed by atoms with Crippen molar-refractivity contribution in [2.45, 2.75) is 46.1 Å². The minimum absolute atomic E-state index is 0.0474. The summed E-state index contributed by atoms with van der Waals surface area (Å²) >= 11 is 0. The highest BCUT2D eigenvalue weighted by atomic mass is 16.7. The molecule has 0 radical (unpaired) electrons. The molecule has 9 heteroatoms. The van der Waals surface area contributed by atoms with Crippen LogP contribution in [0.15, 0.2) is 47.4 Å². The fourth-order valence-corrected chi connectivity index (χ4v) is 2.68. The number of nitrogens with zero attached hydrogens (tertiary/aromatic N) is 2. The Bertz CT molecular complexity index is 855. The summed E-state index contributed by atoms with van der Waals surface area (Å²) in [5, 5.41) is 11.6. The van der Waals surface area contributed by atoms with Crippen LogP contribution in [0.5, 0.6) is 0 Å². The lowest BCUT2D eigenvalue weighted by Gasteiger charge is -2.30. The predicted molar refractivity (Wildman–Crippen MR) is 101 cm³/mol. The Labute approximate surface area is 168 Å². The van der Waals surface area contributed by atoms with Gasteiger partial charge in [-0.3, -0.25) is 4.98 Å². The molecule has 1 aromatic rings. The van der Waals surface area contributed by atoms with Crippen LogP contribution < -0.4 is 5.32 Å². The monoisotopic (exact) mass is 401 g/mol. The third-order valence-corrected chi connectivity index (χ3v) is 3.81. The normalized spacial score (nSPS) is 16.1. The zero-order chi connectivity index (χ0) is 21.4. The maximum absolute atomic E-state index is 12.1. The first-order valence-electron chi connectivity index (χ1n) is 9.02. The number of hydrogen-bond acceptors (Lipinski definition) is 9. The molecule has 0 bridgehead atoms. The zero-order valence-electron chi connectivity index (χ0n) is 16.7. The second-order valence-corrected chi connectivity index (χ2v) is 6.45. The number of dihydropyridines is 1. The van der Waals surface area contributed by atoms with Crippen LogP contribution in [0.1, 0.15) is 45.6 Å². The first kappa shape index (κ1) is 21.8. The van der Waals surface area contributed by atoms with E-state index in [1.807, 2.05) is 6.07 Å². The van der Waals surface area contributed by atoms with Gasteiger partial charge in [0.05, 0.1) is 30.0 Å². The molecule has 0 aromatic carbocycles. The van der Waals surface area contributed by atoms with Crippen molar-refractivity contribution in [3.63, 3.8) is 0 Å². The second kappa shape index (κ2) is 10.1. The molecule has 2 rings (SSSR count). The molecule has 2 heterocycles. The molecule has 0 aliphatic carbocycles. The minimum Gasteiger partial charge on any atom is -0.433 e. The molecule has 0 saturated carbocycles. The molecule has 1 unspecified atom stereocenters. The first-order chi connectivity index (χ1) is 13.8. The third kappa shape index (κ3) is 5.97. The Morgan fingerprint density at radius 1 is 1.21 bits per heavy atom. The summed E-state index contributed by atoms with van der Waals surface area (Å²) in [4.78, 5) is 28.3. The van der Waals surface area contributed by atoms with Crippen LogP contribution in [0.2, 0.25) is 0 Å². The van der Waals surface area contributed by atoms with Crippen molar-refractivity contribution in [1.82, 2.24) is 10.3 Å². The van der Waals surface area contributed by atoms with Crippen LogP contribution in [-0.2, 0) is 18.9 Å². The van der Waals surface area contributed by atoms with E-state index in [2.05, 4.69) is 10.3 Å². The van der Waals surface area contributed by atoms with E-state index in [-0.39, 0.29) is 30.6 Å². The average molecular weight is 401 g/mol. The standard InChI is InChI=1S/C20H23N3O6/c1-12(2)27-20(25)29-18-14(4)23-13(3)17(28-19(24)26-10-6-8-21)16(18)15-7-5-9-22-11-15/h5,7,9,11-12,16,23H,6,10H2,1-4H3. The summed E-state index contributed by atoms with van der Waals surface area (Å²) in [6.45, 7) is 6.76. The highest BCUT2D eigenvalue weighted by Crippen LogP contribution is 2.39. The second-order valence-electron chi connectivity index (χ2n) is 6.45. The lowest BCUT2D eigenvalue weighted by Crippen LogP contribution is -2.29. The number of nitrogens with one attached hydrogen (secondary N) is 1. The van der Waals surface area contributed by atoms with Gasteiger partial charge in [-0.05, 0) is 39.3 Å². The van der Waals surface area contributed by atoms with Gasteiger partial charge in [-0.15, -0.1) is 0 Å². The molecule has 1 atom stereocenters. The van der Waals surface area contributed by atoms with Crippen LogP contribution in [-0.4, -0.2) is 30.0 Å². The van der Waals surface area contributed by atoms with Crippen LogP contribution in [0, 0.1) is 11.3 Å². The number of carbonyl (C=O) groups is 2. The van der Waals surface area contributed by atoms with Gasteiger partial charge in [0.25, 0.3) is 0 Å². The van der Waals surface area contributed by atoms with Gasteiger partial charge in [0.1, 0.15) is 24.0 Å². The van der Waals surface area contributed by atoms with E-state index >= 15 is 0 Å². The van der Waals surface area contributed by atoms with Crippen molar-refractivity contribution in [1.29, 1.82) is 5.26 Å².